The summed E-state index contributed by atoms with van der Waals surface area (Å²) in [6.07, 6.45) is 7.06. The number of hydrogen-bond acceptors (Lipinski definition) is 3. The lowest BCUT2D eigenvalue weighted by atomic mass is 10.1. The highest BCUT2D eigenvalue weighted by Gasteiger charge is 2.27. The summed E-state index contributed by atoms with van der Waals surface area (Å²) in [4.78, 5) is 24.8. The minimum Gasteiger partial charge on any atom is -0.366 e. The molecule has 0 aliphatic carbocycles. The van der Waals surface area contributed by atoms with E-state index in [4.69, 9.17) is 5.73 Å². The monoisotopic (exact) mass is 267 g/mol. The van der Waals surface area contributed by atoms with E-state index in [1.165, 1.54) is 6.08 Å². The van der Waals surface area contributed by atoms with E-state index in [2.05, 4.69) is 5.32 Å². The predicted octanol–water partition coefficient (Wildman–Crippen LogP) is 1.72. The highest BCUT2D eigenvalue weighted by molar-refractivity contribution is 6.02. The molecule has 1 aromatic rings. The van der Waals surface area contributed by atoms with Gasteiger partial charge in [-0.15, -0.1) is 0 Å². The van der Waals surface area contributed by atoms with E-state index >= 15 is 0 Å². The molecule has 2 amide bonds. The zero-order chi connectivity index (χ0) is 14.1. The minimum atomic E-state index is -0.503. The molecular formula is C15H13N3O2. The number of rotatable bonds is 2. The van der Waals surface area contributed by atoms with Crippen molar-refractivity contribution in [3.63, 3.8) is 0 Å². The maximum Gasteiger partial charge on any atom is 0.264 e. The van der Waals surface area contributed by atoms with Gasteiger partial charge in [-0.05, 0) is 17.7 Å². The van der Waals surface area contributed by atoms with Crippen LogP contribution in [0.25, 0.3) is 0 Å². The molecule has 0 atom stereocenters. The maximum atomic E-state index is 12.5. The maximum absolute atomic E-state index is 12.5. The lowest BCUT2D eigenvalue weighted by Crippen LogP contribution is -2.21. The lowest BCUT2D eigenvalue weighted by molar-refractivity contribution is -0.113. The zero-order valence-electron chi connectivity index (χ0n) is 10.7. The van der Waals surface area contributed by atoms with Gasteiger partial charge in [-0.1, -0.05) is 18.2 Å². The van der Waals surface area contributed by atoms with E-state index < -0.39 is 5.91 Å². The Labute approximate surface area is 116 Å². The summed E-state index contributed by atoms with van der Waals surface area (Å²) < 4.78 is 0. The van der Waals surface area contributed by atoms with Crippen LogP contribution in [-0.4, -0.2) is 16.7 Å². The van der Waals surface area contributed by atoms with Gasteiger partial charge < -0.3 is 11.1 Å². The smallest absolute Gasteiger partial charge is 0.264 e. The van der Waals surface area contributed by atoms with E-state index in [9.17, 15) is 9.59 Å². The van der Waals surface area contributed by atoms with Crippen LogP contribution in [0.4, 0.5) is 5.69 Å². The zero-order valence-corrected chi connectivity index (χ0v) is 10.7. The van der Waals surface area contributed by atoms with Crippen molar-refractivity contribution < 1.29 is 9.59 Å². The number of anilines is 1. The van der Waals surface area contributed by atoms with Gasteiger partial charge in [0.05, 0.1) is 11.3 Å². The molecule has 3 rings (SSSR count). The Bertz CT molecular complexity index is 686. The molecule has 0 fully saturated rings. The second-order valence-corrected chi connectivity index (χ2v) is 4.62. The number of benzene rings is 1. The largest absolute Gasteiger partial charge is 0.366 e. The highest BCUT2D eigenvalue weighted by atomic mass is 16.2. The van der Waals surface area contributed by atoms with Gasteiger partial charge in [0.2, 0.25) is 5.91 Å². The first-order valence-corrected chi connectivity index (χ1v) is 6.21. The molecule has 1 aromatic carbocycles. The molecule has 0 saturated heterocycles. The molecule has 2 aliphatic rings. The van der Waals surface area contributed by atoms with Crippen LogP contribution in [0.15, 0.2) is 60.1 Å². The fourth-order valence-corrected chi connectivity index (χ4v) is 2.28. The van der Waals surface area contributed by atoms with Crippen molar-refractivity contribution in [2.75, 3.05) is 5.32 Å². The van der Waals surface area contributed by atoms with Gasteiger partial charge >= 0.3 is 0 Å². The highest BCUT2D eigenvalue weighted by Crippen LogP contribution is 2.32. The summed E-state index contributed by atoms with van der Waals surface area (Å²) in [5.74, 6) is -0.587. The van der Waals surface area contributed by atoms with E-state index in [0.717, 1.165) is 17.0 Å². The molecule has 20 heavy (non-hydrogen) atoms. The van der Waals surface area contributed by atoms with E-state index in [-0.39, 0.29) is 5.91 Å². The third-order valence-corrected chi connectivity index (χ3v) is 3.22. The van der Waals surface area contributed by atoms with Crippen LogP contribution >= 0.6 is 0 Å². The number of nitrogens with zero attached hydrogens (tertiary/aromatic N) is 1. The summed E-state index contributed by atoms with van der Waals surface area (Å²) in [5.41, 5.74) is 8.19. The van der Waals surface area contributed by atoms with Crippen molar-refractivity contribution in [1.29, 1.82) is 0 Å². The number of fused-ring (bicyclic) bond motifs is 2. The average molecular weight is 267 g/mol. The quantitative estimate of drug-likeness (QED) is 0.801. The second-order valence-electron chi connectivity index (χ2n) is 4.62. The molecule has 100 valence electrons. The van der Waals surface area contributed by atoms with E-state index in [1.54, 1.807) is 23.2 Å². The standard InChI is InChI=1S/C15H13N3O2/c16-14(19)6-5-10-7-11-8-17-13-4-2-1-3-12(13)15(20)18(11)9-10/h1-6,8-9,17H,7H2,(H2,16,19). The van der Waals surface area contributed by atoms with Gasteiger partial charge in [-0.25, -0.2) is 0 Å². The molecule has 2 heterocycles. The summed E-state index contributed by atoms with van der Waals surface area (Å²) in [5, 5.41) is 3.14. The van der Waals surface area contributed by atoms with Crippen molar-refractivity contribution in [1.82, 2.24) is 4.90 Å². The SMILES string of the molecule is NC(=O)C=CC1=CN2C(=O)c3ccccc3NC=C2C1. The topological polar surface area (TPSA) is 75.4 Å². The van der Waals surface area contributed by atoms with Crippen LogP contribution in [0.5, 0.6) is 0 Å². The Kier molecular flexibility index (Phi) is 2.87. The lowest BCUT2D eigenvalue weighted by Gasteiger charge is -2.13. The number of hydrogen-bond donors (Lipinski definition) is 2. The van der Waals surface area contributed by atoms with Gasteiger partial charge in [0.1, 0.15) is 0 Å². The van der Waals surface area contributed by atoms with E-state index in [1.807, 2.05) is 24.4 Å². The Morgan fingerprint density at radius 2 is 2.15 bits per heavy atom. The van der Waals surface area contributed by atoms with Crippen molar-refractivity contribution >= 4 is 17.5 Å². The normalized spacial score (nSPS) is 17.0. The van der Waals surface area contributed by atoms with Gasteiger partial charge in [-0.3, -0.25) is 14.5 Å². The van der Waals surface area contributed by atoms with Crippen molar-refractivity contribution in [3.8, 4) is 0 Å². The van der Waals surface area contributed by atoms with Crippen LogP contribution < -0.4 is 11.1 Å². The van der Waals surface area contributed by atoms with Crippen molar-refractivity contribution in [3.05, 3.63) is 65.7 Å². The number of para-hydroxylation sites is 1. The van der Waals surface area contributed by atoms with Gasteiger partial charge in [0.25, 0.3) is 5.91 Å². The van der Waals surface area contributed by atoms with Crippen molar-refractivity contribution in [2.24, 2.45) is 5.73 Å². The van der Waals surface area contributed by atoms with Crippen LogP contribution in [0.1, 0.15) is 16.8 Å². The van der Waals surface area contributed by atoms with Crippen LogP contribution in [0.3, 0.4) is 0 Å². The molecule has 0 saturated carbocycles. The van der Waals surface area contributed by atoms with Crippen molar-refractivity contribution in [2.45, 2.75) is 6.42 Å². The molecule has 0 aromatic heterocycles. The molecule has 0 radical (unpaired) electrons. The number of allylic oxidation sites excluding steroid dienone is 2. The fraction of sp³-hybridized carbons (Fsp3) is 0.0667. The number of nitrogens with one attached hydrogen (secondary N) is 1. The molecule has 5 nitrogen and oxygen atoms in total. The summed E-state index contributed by atoms with van der Waals surface area (Å²) >= 11 is 0. The van der Waals surface area contributed by atoms with Crippen LogP contribution in [-0.2, 0) is 4.79 Å². The Hall–Kier alpha value is -2.82. The Balaban J connectivity index is 1.95. The third kappa shape index (κ3) is 2.09. The number of primary amides is 1. The summed E-state index contributed by atoms with van der Waals surface area (Å²) in [7, 11) is 0. The molecule has 0 bridgehead atoms. The van der Waals surface area contributed by atoms with E-state index in [0.29, 0.717) is 12.0 Å². The third-order valence-electron chi connectivity index (χ3n) is 3.22. The van der Waals surface area contributed by atoms with Gasteiger partial charge in [0, 0.05) is 30.6 Å². The van der Waals surface area contributed by atoms with Crippen LogP contribution in [0.2, 0.25) is 0 Å². The van der Waals surface area contributed by atoms with Gasteiger partial charge in [0.15, 0.2) is 0 Å². The number of nitrogens with two attached hydrogens (primary N) is 1. The minimum absolute atomic E-state index is 0.0840. The fourth-order valence-electron chi connectivity index (χ4n) is 2.28. The summed E-state index contributed by atoms with van der Waals surface area (Å²) in [6.45, 7) is 0. The molecule has 5 heteroatoms. The molecule has 3 N–H and O–H groups in total. The van der Waals surface area contributed by atoms with Crippen LogP contribution in [0, 0.1) is 0 Å². The number of amides is 2. The van der Waals surface area contributed by atoms with Gasteiger partial charge in [-0.2, -0.15) is 0 Å². The Morgan fingerprint density at radius 1 is 1.35 bits per heavy atom. The summed E-state index contributed by atoms with van der Waals surface area (Å²) in [6, 6.07) is 7.36. The molecular weight excluding hydrogens is 254 g/mol. The number of carbonyl (C=O) groups is 2. The molecule has 0 unspecified atom stereocenters. The average Bonchev–Trinajstić information content (AvgIpc) is 2.80. The molecule has 2 aliphatic heterocycles. The first-order chi connectivity index (χ1) is 9.65. The Morgan fingerprint density at radius 3 is 2.95 bits per heavy atom. The first-order valence-electron chi connectivity index (χ1n) is 6.21. The molecule has 0 spiro atoms. The second kappa shape index (κ2) is 4.70. The number of carbonyl (C=O) groups excluding carboxylic acids is 2. The first kappa shape index (κ1) is 12.2. The predicted molar refractivity (Wildman–Crippen MR) is 75.4 cm³/mol.